The molecule has 2 rings (SSSR count). The third-order valence-corrected chi connectivity index (χ3v) is 3.01. The van der Waals surface area contributed by atoms with Crippen molar-refractivity contribution in [1.82, 2.24) is 4.98 Å². The number of nitrogens with zero attached hydrogens (tertiary/aromatic N) is 2. The van der Waals surface area contributed by atoms with Crippen LogP contribution in [0.25, 0.3) is 0 Å². The summed E-state index contributed by atoms with van der Waals surface area (Å²) < 4.78 is 0. The number of pyridine rings is 1. The molecular formula is C12H19N3. The first-order valence-electron chi connectivity index (χ1n) is 5.73. The Kier molecular flexibility index (Phi) is 3.21. The molecule has 82 valence electrons. The number of nitrogens with two attached hydrogens (primary N) is 1. The van der Waals surface area contributed by atoms with Crippen molar-refractivity contribution in [2.75, 3.05) is 18.0 Å². The van der Waals surface area contributed by atoms with Gasteiger partial charge in [0.1, 0.15) is 0 Å². The SMILES string of the molecule is CCN(CC1CC1)c1cnccc1CN. The predicted molar refractivity (Wildman–Crippen MR) is 62.7 cm³/mol. The Bertz CT molecular complexity index is 320. The second-order valence-electron chi connectivity index (χ2n) is 4.19. The summed E-state index contributed by atoms with van der Waals surface area (Å²) in [5, 5.41) is 0. The third kappa shape index (κ3) is 2.48. The summed E-state index contributed by atoms with van der Waals surface area (Å²) in [6.07, 6.45) is 6.52. The Hall–Kier alpha value is -1.09. The van der Waals surface area contributed by atoms with Crippen LogP contribution in [0.15, 0.2) is 18.5 Å². The summed E-state index contributed by atoms with van der Waals surface area (Å²) >= 11 is 0. The molecule has 1 aliphatic rings. The molecule has 1 saturated carbocycles. The Morgan fingerprint density at radius 3 is 2.93 bits per heavy atom. The van der Waals surface area contributed by atoms with Crippen molar-refractivity contribution in [1.29, 1.82) is 0 Å². The molecule has 0 radical (unpaired) electrons. The second-order valence-corrected chi connectivity index (χ2v) is 4.19. The highest BCUT2D eigenvalue weighted by Gasteiger charge is 2.24. The molecule has 1 aromatic rings. The zero-order chi connectivity index (χ0) is 10.7. The fourth-order valence-corrected chi connectivity index (χ4v) is 1.88. The molecule has 3 heteroatoms. The molecule has 1 heterocycles. The first-order valence-corrected chi connectivity index (χ1v) is 5.73. The Morgan fingerprint density at radius 1 is 1.53 bits per heavy atom. The van der Waals surface area contributed by atoms with Crippen LogP contribution in [0.3, 0.4) is 0 Å². The minimum Gasteiger partial charge on any atom is -0.370 e. The molecule has 1 aromatic heterocycles. The van der Waals surface area contributed by atoms with E-state index in [1.807, 2.05) is 18.5 Å². The topological polar surface area (TPSA) is 42.2 Å². The maximum Gasteiger partial charge on any atom is 0.0598 e. The molecule has 0 saturated heterocycles. The van der Waals surface area contributed by atoms with E-state index >= 15 is 0 Å². The number of aromatic nitrogens is 1. The molecule has 15 heavy (non-hydrogen) atoms. The predicted octanol–water partition coefficient (Wildman–Crippen LogP) is 1.78. The fourth-order valence-electron chi connectivity index (χ4n) is 1.88. The first kappa shape index (κ1) is 10.4. The minimum absolute atomic E-state index is 0.596. The van der Waals surface area contributed by atoms with Crippen molar-refractivity contribution >= 4 is 5.69 Å². The normalized spacial score (nSPS) is 15.3. The van der Waals surface area contributed by atoms with E-state index in [0.717, 1.165) is 19.0 Å². The fraction of sp³-hybridized carbons (Fsp3) is 0.583. The van der Waals surface area contributed by atoms with Gasteiger partial charge in [-0.2, -0.15) is 0 Å². The van der Waals surface area contributed by atoms with E-state index < -0.39 is 0 Å². The van der Waals surface area contributed by atoms with E-state index in [-0.39, 0.29) is 0 Å². The molecule has 0 aliphatic heterocycles. The van der Waals surface area contributed by atoms with Crippen molar-refractivity contribution in [2.45, 2.75) is 26.3 Å². The lowest BCUT2D eigenvalue weighted by atomic mass is 10.2. The highest BCUT2D eigenvalue weighted by atomic mass is 15.1. The molecule has 0 aromatic carbocycles. The van der Waals surface area contributed by atoms with E-state index in [9.17, 15) is 0 Å². The Balaban J connectivity index is 2.15. The minimum atomic E-state index is 0.596. The molecule has 1 fully saturated rings. The summed E-state index contributed by atoms with van der Waals surface area (Å²) in [5.41, 5.74) is 8.15. The van der Waals surface area contributed by atoms with E-state index in [4.69, 9.17) is 5.73 Å². The van der Waals surface area contributed by atoms with Crippen LogP contribution < -0.4 is 10.6 Å². The van der Waals surface area contributed by atoms with Gasteiger partial charge in [0, 0.05) is 25.8 Å². The lowest BCUT2D eigenvalue weighted by Crippen LogP contribution is -2.26. The van der Waals surface area contributed by atoms with Gasteiger partial charge in [0.05, 0.1) is 11.9 Å². The summed E-state index contributed by atoms with van der Waals surface area (Å²) in [4.78, 5) is 6.59. The van der Waals surface area contributed by atoms with Gasteiger partial charge < -0.3 is 10.6 Å². The van der Waals surface area contributed by atoms with E-state index in [1.54, 1.807) is 0 Å². The van der Waals surface area contributed by atoms with Crippen molar-refractivity contribution < 1.29 is 0 Å². The van der Waals surface area contributed by atoms with Gasteiger partial charge in [-0.05, 0) is 37.3 Å². The highest BCUT2D eigenvalue weighted by Crippen LogP contribution is 2.31. The van der Waals surface area contributed by atoms with Gasteiger partial charge in [-0.3, -0.25) is 4.98 Å². The molecule has 0 atom stereocenters. The summed E-state index contributed by atoms with van der Waals surface area (Å²) in [7, 11) is 0. The number of rotatable bonds is 5. The second kappa shape index (κ2) is 4.62. The molecule has 3 nitrogen and oxygen atoms in total. The van der Waals surface area contributed by atoms with Crippen LogP contribution in [-0.4, -0.2) is 18.1 Å². The van der Waals surface area contributed by atoms with Crippen molar-refractivity contribution in [2.24, 2.45) is 11.7 Å². The van der Waals surface area contributed by atoms with Crippen molar-refractivity contribution in [3.8, 4) is 0 Å². The van der Waals surface area contributed by atoms with Crippen molar-refractivity contribution in [3.63, 3.8) is 0 Å². The first-order chi connectivity index (χ1) is 7.35. The lowest BCUT2D eigenvalue weighted by molar-refractivity contribution is 0.735. The largest absolute Gasteiger partial charge is 0.370 e. The summed E-state index contributed by atoms with van der Waals surface area (Å²) in [5.74, 6) is 0.899. The van der Waals surface area contributed by atoms with Gasteiger partial charge in [0.2, 0.25) is 0 Å². The van der Waals surface area contributed by atoms with Gasteiger partial charge in [0.15, 0.2) is 0 Å². The van der Waals surface area contributed by atoms with Crippen LogP contribution >= 0.6 is 0 Å². The van der Waals surface area contributed by atoms with Crippen LogP contribution in [0.5, 0.6) is 0 Å². The third-order valence-electron chi connectivity index (χ3n) is 3.01. The van der Waals surface area contributed by atoms with Crippen LogP contribution in [0, 0.1) is 5.92 Å². The van der Waals surface area contributed by atoms with Crippen LogP contribution in [0.1, 0.15) is 25.3 Å². The van der Waals surface area contributed by atoms with E-state index in [2.05, 4.69) is 16.8 Å². The highest BCUT2D eigenvalue weighted by molar-refractivity contribution is 5.51. The molecule has 0 unspecified atom stereocenters. The van der Waals surface area contributed by atoms with E-state index in [0.29, 0.717) is 6.54 Å². The maximum absolute atomic E-state index is 5.74. The lowest BCUT2D eigenvalue weighted by Gasteiger charge is -2.24. The van der Waals surface area contributed by atoms with Gasteiger partial charge in [-0.25, -0.2) is 0 Å². The molecule has 2 N–H and O–H groups in total. The zero-order valence-corrected chi connectivity index (χ0v) is 9.32. The monoisotopic (exact) mass is 205 g/mol. The molecule has 0 bridgehead atoms. The van der Waals surface area contributed by atoms with Gasteiger partial charge >= 0.3 is 0 Å². The number of hydrogen-bond acceptors (Lipinski definition) is 3. The summed E-state index contributed by atoms with van der Waals surface area (Å²) in [6.45, 7) is 4.99. The maximum atomic E-state index is 5.74. The molecular weight excluding hydrogens is 186 g/mol. The van der Waals surface area contributed by atoms with Crippen LogP contribution in [-0.2, 0) is 6.54 Å². The number of hydrogen-bond donors (Lipinski definition) is 1. The van der Waals surface area contributed by atoms with E-state index in [1.165, 1.54) is 24.1 Å². The van der Waals surface area contributed by atoms with Crippen molar-refractivity contribution in [3.05, 3.63) is 24.0 Å². The van der Waals surface area contributed by atoms with Crippen LogP contribution in [0.4, 0.5) is 5.69 Å². The quantitative estimate of drug-likeness (QED) is 0.796. The smallest absolute Gasteiger partial charge is 0.0598 e. The standard InChI is InChI=1S/C12H19N3/c1-2-15(9-10-3-4-10)12-8-14-6-5-11(12)7-13/h5-6,8,10H,2-4,7,9,13H2,1H3. The van der Waals surface area contributed by atoms with Gasteiger partial charge in [-0.1, -0.05) is 0 Å². The summed E-state index contributed by atoms with van der Waals surface area (Å²) in [6, 6.07) is 2.02. The van der Waals surface area contributed by atoms with Crippen LogP contribution in [0.2, 0.25) is 0 Å². The number of anilines is 1. The zero-order valence-electron chi connectivity index (χ0n) is 9.32. The Labute approximate surface area is 91.3 Å². The average molecular weight is 205 g/mol. The average Bonchev–Trinajstić information content (AvgIpc) is 3.10. The molecule has 0 amide bonds. The molecule has 1 aliphatic carbocycles. The van der Waals surface area contributed by atoms with Gasteiger partial charge in [0.25, 0.3) is 0 Å². The van der Waals surface area contributed by atoms with Gasteiger partial charge in [-0.15, -0.1) is 0 Å². The Morgan fingerprint density at radius 2 is 2.33 bits per heavy atom. The molecule has 0 spiro atoms.